The Hall–Kier alpha value is -1.03. The summed E-state index contributed by atoms with van der Waals surface area (Å²) >= 11 is 0. The predicted molar refractivity (Wildman–Crippen MR) is 71.8 cm³/mol. The lowest BCUT2D eigenvalue weighted by Gasteiger charge is -2.29. The van der Waals surface area contributed by atoms with Crippen LogP contribution < -0.4 is 5.32 Å². The minimum Gasteiger partial charge on any atom is -0.312 e. The van der Waals surface area contributed by atoms with E-state index in [0.717, 1.165) is 6.07 Å². The minimum atomic E-state index is -4.29. The number of rotatable bonds is 5. The van der Waals surface area contributed by atoms with Gasteiger partial charge in [0.15, 0.2) is 0 Å². The van der Waals surface area contributed by atoms with Gasteiger partial charge in [0.1, 0.15) is 0 Å². The van der Waals surface area contributed by atoms with E-state index in [1.165, 1.54) is 12.1 Å². The van der Waals surface area contributed by atoms with E-state index in [-0.39, 0.29) is 12.0 Å². The van der Waals surface area contributed by atoms with E-state index in [1.54, 1.807) is 6.07 Å². The molecule has 0 amide bonds. The molecular formula is C15H22F3N. The summed E-state index contributed by atoms with van der Waals surface area (Å²) < 4.78 is 38.4. The maximum absolute atomic E-state index is 12.8. The highest BCUT2D eigenvalue weighted by molar-refractivity contribution is 5.29. The van der Waals surface area contributed by atoms with Crippen LogP contribution in [0.15, 0.2) is 24.3 Å². The number of benzene rings is 1. The van der Waals surface area contributed by atoms with Gasteiger partial charge in [-0.2, -0.15) is 13.2 Å². The van der Waals surface area contributed by atoms with Crippen LogP contribution in [0, 0.1) is 11.3 Å². The number of nitrogens with one attached hydrogen (secondary N) is 1. The largest absolute Gasteiger partial charge is 0.416 e. The first kappa shape index (κ1) is 16.0. The average molecular weight is 273 g/mol. The molecule has 0 radical (unpaired) electrons. The van der Waals surface area contributed by atoms with Crippen molar-refractivity contribution in [1.82, 2.24) is 5.32 Å². The van der Waals surface area contributed by atoms with Crippen molar-refractivity contribution >= 4 is 0 Å². The normalized spacial score (nSPS) is 13.1. The van der Waals surface area contributed by atoms with E-state index in [9.17, 15) is 13.2 Å². The van der Waals surface area contributed by atoms with Crippen molar-refractivity contribution < 1.29 is 13.2 Å². The molecule has 108 valence electrons. The summed E-state index contributed by atoms with van der Waals surface area (Å²) in [5.74, 6) is 0.470. The third-order valence-electron chi connectivity index (χ3n) is 3.78. The standard InChI is InChI=1S/C15H22F3N/c1-11(2)14(3,4)10-19-9-12-7-5-6-8-13(12)15(16,17)18/h5-8,11,19H,9-10H2,1-4H3. The summed E-state index contributed by atoms with van der Waals surface area (Å²) in [6.45, 7) is 9.39. The van der Waals surface area contributed by atoms with Crippen molar-refractivity contribution in [2.45, 2.75) is 40.4 Å². The van der Waals surface area contributed by atoms with Gasteiger partial charge in [0.05, 0.1) is 5.56 Å². The Kier molecular flexibility index (Phi) is 5.02. The molecule has 1 N–H and O–H groups in total. The molecule has 0 fully saturated rings. The van der Waals surface area contributed by atoms with Gasteiger partial charge < -0.3 is 5.32 Å². The van der Waals surface area contributed by atoms with Crippen LogP contribution in [-0.4, -0.2) is 6.54 Å². The quantitative estimate of drug-likeness (QED) is 0.834. The lowest BCUT2D eigenvalue weighted by atomic mass is 9.81. The number of halogens is 3. The lowest BCUT2D eigenvalue weighted by molar-refractivity contribution is -0.138. The van der Waals surface area contributed by atoms with Gasteiger partial charge in [-0.05, 0) is 23.0 Å². The molecule has 1 rings (SSSR count). The highest BCUT2D eigenvalue weighted by Crippen LogP contribution is 2.32. The van der Waals surface area contributed by atoms with Gasteiger partial charge in [0.2, 0.25) is 0 Å². The van der Waals surface area contributed by atoms with Gasteiger partial charge in [-0.1, -0.05) is 45.9 Å². The monoisotopic (exact) mass is 273 g/mol. The van der Waals surface area contributed by atoms with Crippen molar-refractivity contribution in [2.75, 3.05) is 6.54 Å². The fourth-order valence-corrected chi connectivity index (χ4v) is 1.67. The van der Waals surface area contributed by atoms with Gasteiger partial charge in [-0.3, -0.25) is 0 Å². The van der Waals surface area contributed by atoms with Crippen molar-refractivity contribution in [1.29, 1.82) is 0 Å². The second-order valence-electron chi connectivity index (χ2n) is 5.90. The smallest absolute Gasteiger partial charge is 0.312 e. The summed E-state index contributed by atoms with van der Waals surface area (Å²) in [5, 5.41) is 3.14. The van der Waals surface area contributed by atoms with E-state index in [1.807, 2.05) is 0 Å². The van der Waals surface area contributed by atoms with Crippen LogP contribution in [0.4, 0.5) is 13.2 Å². The molecule has 0 aliphatic carbocycles. The van der Waals surface area contributed by atoms with Crippen LogP contribution in [0.3, 0.4) is 0 Å². The summed E-state index contributed by atoms with van der Waals surface area (Å²) in [4.78, 5) is 0. The topological polar surface area (TPSA) is 12.0 Å². The molecule has 0 saturated heterocycles. The van der Waals surface area contributed by atoms with E-state index < -0.39 is 11.7 Å². The van der Waals surface area contributed by atoms with Crippen molar-refractivity contribution in [3.63, 3.8) is 0 Å². The third-order valence-corrected chi connectivity index (χ3v) is 3.78. The Morgan fingerprint density at radius 3 is 2.21 bits per heavy atom. The summed E-state index contributed by atoms with van der Waals surface area (Å²) in [5.41, 5.74) is -0.188. The number of hydrogen-bond acceptors (Lipinski definition) is 1. The molecule has 1 nitrogen and oxygen atoms in total. The van der Waals surface area contributed by atoms with Gasteiger partial charge in [-0.15, -0.1) is 0 Å². The first-order valence-corrected chi connectivity index (χ1v) is 6.50. The molecule has 4 heteroatoms. The first-order valence-electron chi connectivity index (χ1n) is 6.50. The van der Waals surface area contributed by atoms with Crippen molar-refractivity contribution in [2.24, 2.45) is 11.3 Å². The second-order valence-corrected chi connectivity index (χ2v) is 5.90. The zero-order valence-corrected chi connectivity index (χ0v) is 11.9. The molecule has 19 heavy (non-hydrogen) atoms. The zero-order valence-electron chi connectivity index (χ0n) is 11.9. The fourth-order valence-electron chi connectivity index (χ4n) is 1.67. The SMILES string of the molecule is CC(C)C(C)(C)CNCc1ccccc1C(F)(F)F. The Morgan fingerprint density at radius 1 is 1.11 bits per heavy atom. The Balaban J connectivity index is 2.69. The summed E-state index contributed by atoms with van der Waals surface area (Å²) in [6.07, 6.45) is -4.29. The van der Waals surface area contributed by atoms with Crippen LogP contribution in [0.5, 0.6) is 0 Å². The van der Waals surface area contributed by atoms with Gasteiger partial charge in [-0.25, -0.2) is 0 Å². The lowest BCUT2D eigenvalue weighted by Crippen LogP contribution is -2.33. The van der Waals surface area contributed by atoms with Crippen LogP contribution in [-0.2, 0) is 12.7 Å². The Bertz CT molecular complexity index is 408. The summed E-state index contributed by atoms with van der Waals surface area (Å²) in [6, 6.07) is 5.72. The molecule has 0 spiro atoms. The van der Waals surface area contributed by atoms with Crippen LogP contribution >= 0.6 is 0 Å². The minimum absolute atomic E-state index is 0.0627. The molecule has 1 aromatic rings. The van der Waals surface area contributed by atoms with Crippen LogP contribution in [0.25, 0.3) is 0 Å². The second kappa shape index (κ2) is 5.95. The van der Waals surface area contributed by atoms with E-state index >= 15 is 0 Å². The van der Waals surface area contributed by atoms with Crippen molar-refractivity contribution in [3.05, 3.63) is 35.4 Å². The van der Waals surface area contributed by atoms with E-state index in [2.05, 4.69) is 33.0 Å². The zero-order chi connectivity index (χ0) is 14.7. The fraction of sp³-hybridized carbons (Fsp3) is 0.600. The van der Waals surface area contributed by atoms with Crippen molar-refractivity contribution in [3.8, 4) is 0 Å². The highest BCUT2D eigenvalue weighted by Gasteiger charge is 2.32. The Labute approximate surface area is 113 Å². The van der Waals surface area contributed by atoms with E-state index in [4.69, 9.17) is 0 Å². The molecule has 1 aromatic carbocycles. The number of hydrogen-bond donors (Lipinski definition) is 1. The molecule has 0 aliphatic heterocycles. The first-order chi connectivity index (χ1) is 8.64. The molecule has 0 aliphatic rings. The maximum atomic E-state index is 12.8. The molecule has 0 heterocycles. The van der Waals surface area contributed by atoms with Gasteiger partial charge >= 0.3 is 6.18 Å². The number of alkyl halides is 3. The maximum Gasteiger partial charge on any atom is 0.416 e. The highest BCUT2D eigenvalue weighted by atomic mass is 19.4. The molecule has 0 saturated carbocycles. The van der Waals surface area contributed by atoms with E-state index in [0.29, 0.717) is 18.0 Å². The van der Waals surface area contributed by atoms with Crippen LogP contribution in [0.2, 0.25) is 0 Å². The Morgan fingerprint density at radius 2 is 1.68 bits per heavy atom. The molecule has 0 aromatic heterocycles. The summed E-state index contributed by atoms with van der Waals surface area (Å²) in [7, 11) is 0. The molecule has 0 atom stereocenters. The molecule has 0 bridgehead atoms. The van der Waals surface area contributed by atoms with Crippen LogP contribution in [0.1, 0.15) is 38.8 Å². The molecular weight excluding hydrogens is 251 g/mol. The van der Waals surface area contributed by atoms with Gasteiger partial charge in [0.25, 0.3) is 0 Å². The molecule has 0 unspecified atom stereocenters. The average Bonchev–Trinajstić information content (AvgIpc) is 2.27. The van der Waals surface area contributed by atoms with Gasteiger partial charge in [0, 0.05) is 13.1 Å². The third kappa shape index (κ3) is 4.53. The predicted octanol–water partition coefficient (Wildman–Crippen LogP) is 4.48.